The second kappa shape index (κ2) is 6.80. The number of sulfonamides is 1. The maximum absolute atomic E-state index is 12.5. The summed E-state index contributed by atoms with van der Waals surface area (Å²) in [5, 5.41) is -0.227. The highest BCUT2D eigenvalue weighted by molar-refractivity contribution is 7.89. The molecule has 7 nitrogen and oxygen atoms in total. The normalized spacial score (nSPS) is 19.0. The molecule has 2 rings (SSSR count). The van der Waals surface area contributed by atoms with Gasteiger partial charge in [-0.3, -0.25) is 0 Å². The minimum Gasteiger partial charge on any atom is -0.460 e. The third-order valence-corrected chi connectivity index (χ3v) is 5.67. The van der Waals surface area contributed by atoms with Gasteiger partial charge in [-0.1, -0.05) is 0 Å². The highest BCUT2D eigenvalue weighted by atomic mass is 32.2. The van der Waals surface area contributed by atoms with E-state index in [1.165, 1.54) is 16.4 Å². The molecule has 1 aromatic rings. The number of nitrogens with two attached hydrogens (primary N) is 1. The number of nitrogens with zero attached hydrogens (tertiary/aromatic N) is 1. The molecule has 0 bridgehead atoms. The molecular formula is C14H22N2O5S. The van der Waals surface area contributed by atoms with Crippen LogP contribution in [0, 0.1) is 5.92 Å². The van der Waals surface area contributed by atoms with Crippen molar-refractivity contribution in [1.29, 1.82) is 0 Å². The van der Waals surface area contributed by atoms with Crippen LogP contribution in [-0.2, 0) is 14.8 Å². The molecule has 0 spiro atoms. The summed E-state index contributed by atoms with van der Waals surface area (Å²) in [7, 11) is -3.72. The monoisotopic (exact) mass is 330 g/mol. The van der Waals surface area contributed by atoms with Gasteiger partial charge < -0.3 is 14.9 Å². The van der Waals surface area contributed by atoms with Crippen LogP contribution >= 0.6 is 0 Å². The van der Waals surface area contributed by atoms with Crippen LogP contribution in [0.4, 0.5) is 0 Å². The van der Waals surface area contributed by atoms with Crippen LogP contribution in [0.15, 0.2) is 21.6 Å². The third kappa shape index (κ3) is 3.50. The summed E-state index contributed by atoms with van der Waals surface area (Å²) in [4.78, 5) is 11.5. The number of hydrogen-bond acceptors (Lipinski definition) is 6. The lowest BCUT2D eigenvalue weighted by atomic mass is 9.92. The molecule has 1 atom stereocenters. The summed E-state index contributed by atoms with van der Waals surface area (Å²) in [5.41, 5.74) is 5.86. The van der Waals surface area contributed by atoms with Gasteiger partial charge in [0.2, 0.25) is 10.9 Å². The van der Waals surface area contributed by atoms with Gasteiger partial charge in [0.05, 0.1) is 6.61 Å². The lowest BCUT2D eigenvalue weighted by molar-refractivity contribution is 0.0483. The third-order valence-electron chi connectivity index (χ3n) is 3.89. The van der Waals surface area contributed by atoms with E-state index in [1.54, 1.807) is 6.92 Å². The fraction of sp³-hybridized carbons (Fsp3) is 0.643. The Balaban J connectivity index is 2.10. The first-order valence-electron chi connectivity index (χ1n) is 7.39. The minimum absolute atomic E-state index is 0.0592. The van der Waals surface area contributed by atoms with Gasteiger partial charge in [0, 0.05) is 19.1 Å². The maximum atomic E-state index is 12.5. The van der Waals surface area contributed by atoms with E-state index in [9.17, 15) is 13.2 Å². The highest BCUT2D eigenvalue weighted by Crippen LogP contribution is 2.26. The van der Waals surface area contributed by atoms with E-state index < -0.39 is 16.0 Å². The minimum atomic E-state index is -3.72. The summed E-state index contributed by atoms with van der Waals surface area (Å²) >= 11 is 0. The standard InChI is InChI=1S/C14H22N2O5S/c1-3-20-14(17)12-4-5-13(21-12)22(18,19)16-8-6-11(7-9-16)10(2)15/h4-5,10-11H,3,6-9,15H2,1-2H3. The molecule has 1 aliphatic rings. The molecule has 22 heavy (non-hydrogen) atoms. The van der Waals surface area contributed by atoms with Crippen molar-refractivity contribution in [1.82, 2.24) is 4.31 Å². The molecule has 0 radical (unpaired) electrons. The first-order valence-corrected chi connectivity index (χ1v) is 8.83. The first-order chi connectivity index (χ1) is 10.4. The summed E-state index contributed by atoms with van der Waals surface area (Å²) in [6.45, 7) is 4.62. The van der Waals surface area contributed by atoms with Gasteiger partial charge in [-0.15, -0.1) is 0 Å². The summed E-state index contributed by atoms with van der Waals surface area (Å²) in [5.74, 6) is -0.441. The molecule has 1 fully saturated rings. The zero-order chi connectivity index (χ0) is 16.3. The molecule has 0 aliphatic carbocycles. The topological polar surface area (TPSA) is 103 Å². The van der Waals surface area contributed by atoms with Crippen molar-refractivity contribution < 1.29 is 22.4 Å². The molecule has 1 unspecified atom stereocenters. The Hall–Kier alpha value is -1.38. The molecule has 1 saturated heterocycles. The molecule has 0 saturated carbocycles. The van der Waals surface area contributed by atoms with E-state index in [2.05, 4.69) is 0 Å². The zero-order valence-electron chi connectivity index (χ0n) is 12.8. The van der Waals surface area contributed by atoms with Crippen molar-refractivity contribution in [2.24, 2.45) is 11.7 Å². The van der Waals surface area contributed by atoms with Crippen LogP contribution in [0.5, 0.6) is 0 Å². The SMILES string of the molecule is CCOC(=O)c1ccc(S(=O)(=O)N2CCC(C(C)N)CC2)o1. The maximum Gasteiger partial charge on any atom is 0.374 e. The average Bonchev–Trinajstić information content (AvgIpc) is 2.98. The Morgan fingerprint density at radius 1 is 1.45 bits per heavy atom. The number of esters is 1. The smallest absolute Gasteiger partial charge is 0.374 e. The van der Waals surface area contributed by atoms with E-state index in [4.69, 9.17) is 14.9 Å². The first kappa shape index (κ1) is 17.0. The van der Waals surface area contributed by atoms with Gasteiger partial charge in [-0.2, -0.15) is 4.31 Å². The van der Waals surface area contributed by atoms with Crippen LogP contribution in [0.25, 0.3) is 0 Å². The quantitative estimate of drug-likeness (QED) is 0.814. The zero-order valence-corrected chi connectivity index (χ0v) is 13.6. The lowest BCUT2D eigenvalue weighted by Gasteiger charge is -2.32. The number of piperidine rings is 1. The summed E-state index contributed by atoms with van der Waals surface area (Å²) < 4.78 is 36.3. The Morgan fingerprint density at radius 3 is 2.64 bits per heavy atom. The second-order valence-electron chi connectivity index (χ2n) is 5.44. The number of carbonyl (C=O) groups is 1. The van der Waals surface area contributed by atoms with E-state index in [0.29, 0.717) is 19.0 Å². The second-order valence-corrected chi connectivity index (χ2v) is 7.31. The van der Waals surface area contributed by atoms with Crippen LogP contribution < -0.4 is 5.73 Å². The van der Waals surface area contributed by atoms with Gasteiger partial charge in [-0.25, -0.2) is 13.2 Å². The summed E-state index contributed by atoms with van der Waals surface area (Å²) in [6.07, 6.45) is 1.45. The predicted molar refractivity (Wildman–Crippen MR) is 79.8 cm³/mol. The molecule has 1 aromatic heterocycles. The predicted octanol–water partition coefficient (Wildman–Crippen LogP) is 1.20. The Bertz CT molecular complexity index is 615. The van der Waals surface area contributed by atoms with Crippen molar-refractivity contribution in [3.05, 3.63) is 17.9 Å². The van der Waals surface area contributed by atoms with Gasteiger partial charge in [0.25, 0.3) is 10.0 Å². The number of carbonyl (C=O) groups excluding carboxylic acids is 1. The average molecular weight is 330 g/mol. The highest BCUT2D eigenvalue weighted by Gasteiger charge is 2.33. The molecule has 0 amide bonds. The van der Waals surface area contributed by atoms with Crippen molar-refractivity contribution in [2.45, 2.75) is 37.8 Å². The van der Waals surface area contributed by atoms with Crippen molar-refractivity contribution in [2.75, 3.05) is 19.7 Å². The van der Waals surface area contributed by atoms with E-state index >= 15 is 0 Å². The molecule has 1 aliphatic heterocycles. The van der Waals surface area contributed by atoms with Crippen molar-refractivity contribution in [3.8, 4) is 0 Å². The van der Waals surface area contributed by atoms with Crippen LogP contribution in [0.3, 0.4) is 0 Å². The van der Waals surface area contributed by atoms with Crippen LogP contribution in [-0.4, -0.2) is 44.4 Å². The fourth-order valence-electron chi connectivity index (χ4n) is 2.54. The lowest BCUT2D eigenvalue weighted by Crippen LogP contribution is -2.42. The van der Waals surface area contributed by atoms with Crippen LogP contribution in [0.1, 0.15) is 37.2 Å². The number of rotatable bonds is 5. The molecule has 0 aromatic carbocycles. The van der Waals surface area contributed by atoms with E-state index in [0.717, 1.165) is 12.8 Å². The number of hydrogen-bond donors (Lipinski definition) is 1. The Morgan fingerprint density at radius 2 is 2.09 bits per heavy atom. The van der Waals surface area contributed by atoms with Crippen molar-refractivity contribution in [3.63, 3.8) is 0 Å². The van der Waals surface area contributed by atoms with E-state index in [1.807, 2.05) is 6.92 Å². The fourth-order valence-corrected chi connectivity index (χ4v) is 3.92. The van der Waals surface area contributed by atoms with Gasteiger partial charge in [-0.05, 0) is 44.7 Å². The Kier molecular flexibility index (Phi) is 5.25. The molecular weight excluding hydrogens is 308 g/mol. The van der Waals surface area contributed by atoms with Crippen molar-refractivity contribution >= 4 is 16.0 Å². The molecule has 124 valence electrons. The van der Waals surface area contributed by atoms with E-state index in [-0.39, 0.29) is 23.5 Å². The molecule has 2 heterocycles. The van der Waals surface area contributed by atoms with Gasteiger partial charge in [0.15, 0.2) is 0 Å². The Labute approximate surface area is 130 Å². The molecule has 2 N–H and O–H groups in total. The number of furan rings is 1. The number of ether oxygens (including phenoxy) is 1. The summed E-state index contributed by atoms with van der Waals surface area (Å²) in [6, 6.07) is 2.67. The largest absolute Gasteiger partial charge is 0.460 e. The van der Waals surface area contributed by atoms with Gasteiger partial charge in [0.1, 0.15) is 0 Å². The van der Waals surface area contributed by atoms with Gasteiger partial charge >= 0.3 is 5.97 Å². The van der Waals surface area contributed by atoms with Crippen LogP contribution in [0.2, 0.25) is 0 Å². The molecule has 8 heteroatoms.